The summed E-state index contributed by atoms with van der Waals surface area (Å²) in [6.07, 6.45) is 0.278. The van der Waals surface area contributed by atoms with Gasteiger partial charge < -0.3 is 9.84 Å². The molecule has 0 aliphatic heterocycles. The highest BCUT2D eigenvalue weighted by Gasteiger charge is 2.22. The van der Waals surface area contributed by atoms with Gasteiger partial charge in [-0.25, -0.2) is 8.42 Å². The Morgan fingerprint density at radius 3 is 2.25 bits per heavy atom. The third-order valence-corrected chi connectivity index (χ3v) is 4.90. The molecule has 1 aromatic rings. The molecule has 1 N–H and O–H groups in total. The molecule has 20 heavy (non-hydrogen) atoms. The number of sulfone groups is 1. The minimum atomic E-state index is -3.38. The van der Waals surface area contributed by atoms with Crippen LogP contribution in [0.3, 0.4) is 0 Å². The van der Waals surface area contributed by atoms with Gasteiger partial charge in [-0.15, -0.1) is 0 Å². The Balaban J connectivity index is 2.80. The third kappa shape index (κ3) is 4.94. The summed E-state index contributed by atoms with van der Waals surface area (Å²) in [4.78, 5) is 10.8. The number of rotatable bonds is 7. The maximum atomic E-state index is 12.2. The minimum Gasteiger partial charge on any atom is -0.481 e. The molecular weight excluding hydrogens is 280 g/mol. The lowest BCUT2D eigenvalue weighted by atomic mass is 10.1. The Morgan fingerprint density at radius 1 is 1.25 bits per heavy atom. The molecule has 0 aromatic heterocycles. The second-order valence-corrected chi connectivity index (χ2v) is 7.36. The van der Waals surface area contributed by atoms with Crippen LogP contribution in [0, 0.1) is 0 Å². The van der Waals surface area contributed by atoms with Gasteiger partial charge in [0.2, 0.25) is 0 Å². The Labute approximate surface area is 119 Å². The van der Waals surface area contributed by atoms with Crippen molar-refractivity contribution in [3.63, 3.8) is 0 Å². The third-order valence-electron chi connectivity index (χ3n) is 3.16. The molecule has 1 aromatic carbocycles. The first-order valence-electron chi connectivity index (χ1n) is 6.25. The predicted molar refractivity (Wildman–Crippen MR) is 75.5 cm³/mol. The van der Waals surface area contributed by atoms with Gasteiger partial charge in [0.05, 0.1) is 22.7 Å². The number of hydrogen-bond donors (Lipinski definition) is 1. The molecule has 0 unspecified atom stereocenters. The average Bonchev–Trinajstić information content (AvgIpc) is 2.37. The standard InChI is InChI=1S/C14H20O5S/c1-14(2,19-3)8-9-20(17,18)12-6-4-11(5-7-12)10-13(15)16/h4-7H,8-10H2,1-3H3,(H,15,16). The van der Waals surface area contributed by atoms with Gasteiger partial charge in [0.1, 0.15) is 0 Å². The van der Waals surface area contributed by atoms with Crippen molar-refractivity contribution in [2.75, 3.05) is 12.9 Å². The van der Waals surface area contributed by atoms with Crippen LogP contribution in [-0.4, -0.2) is 38.0 Å². The van der Waals surface area contributed by atoms with Gasteiger partial charge in [-0.1, -0.05) is 12.1 Å². The van der Waals surface area contributed by atoms with Gasteiger partial charge >= 0.3 is 5.97 Å². The van der Waals surface area contributed by atoms with E-state index >= 15 is 0 Å². The number of carboxylic acid groups (broad SMARTS) is 1. The number of benzene rings is 1. The first kappa shape index (κ1) is 16.7. The highest BCUT2D eigenvalue weighted by atomic mass is 32.2. The second-order valence-electron chi connectivity index (χ2n) is 5.25. The van der Waals surface area contributed by atoms with Crippen molar-refractivity contribution < 1.29 is 23.1 Å². The van der Waals surface area contributed by atoms with Crippen LogP contribution in [0.5, 0.6) is 0 Å². The monoisotopic (exact) mass is 300 g/mol. The largest absolute Gasteiger partial charge is 0.481 e. The summed E-state index contributed by atoms with van der Waals surface area (Å²) < 4.78 is 29.5. The van der Waals surface area contributed by atoms with Crippen LogP contribution in [0.1, 0.15) is 25.8 Å². The Hall–Kier alpha value is -1.40. The highest BCUT2D eigenvalue weighted by molar-refractivity contribution is 7.91. The number of aliphatic carboxylic acids is 1. The number of carbonyl (C=O) groups is 1. The smallest absolute Gasteiger partial charge is 0.307 e. The van der Waals surface area contributed by atoms with Crippen LogP contribution in [-0.2, 0) is 25.8 Å². The van der Waals surface area contributed by atoms with Crippen molar-refractivity contribution >= 4 is 15.8 Å². The van der Waals surface area contributed by atoms with Crippen LogP contribution in [0.4, 0.5) is 0 Å². The summed E-state index contributed by atoms with van der Waals surface area (Å²) in [5.41, 5.74) is 0.0877. The molecule has 0 aliphatic rings. The maximum Gasteiger partial charge on any atom is 0.307 e. The van der Waals surface area contributed by atoms with E-state index in [9.17, 15) is 13.2 Å². The summed E-state index contributed by atoms with van der Waals surface area (Å²) in [6, 6.07) is 5.96. The Kier molecular flexibility index (Phi) is 5.30. The molecule has 112 valence electrons. The van der Waals surface area contributed by atoms with Crippen molar-refractivity contribution in [3.8, 4) is 0 Å². The fourth-order valence-electron chi connectivity index (χ4n) is 1.59. The molecule has 0 spiro atoms. The Morgan fingerprint density at radius 2 is 1.80 bits per heavy atom. The molecule has 0 aliphatic carbocycles. The van der Waals surface area contributed by atoms with Crippen molar-refractivity contribution in [1.29, 1.82) is 0 Å². The molecule has 0 radical (unpaired) electrons. The SMILES string of the molecule is COC(C)(C)CCS(=O)(=O)c1ccc(CC(=O)O)cc1. The fraction of sp³-hybridized carbons (Fsp3) is 0.500. The lowest BCUT2D eigenvalue weighted by Gasteiger charge is -2.22. The first-order valence-corrected chi connectivity index (χ1v) is 7.90. The number of methoxy groups -OCH3 is 1. The van der Waals surface area contributed by atoms with Crippen molar-refractivity contribution in [1.82, 2.24) is 0 Å². The van der Waals surface area contributed by atoms with Gasteiger partial charge in [0, 0.05) is 7.11 Å². The molecule has 5 nitrogen and oxygen atoms in total. The Bertz CT molecular complexity index is 558. The van der Waals surface area contributed by atoms with E-state index in [4.69, 9.17) is 9.84 Å². The van der Waals surface area contributed by atoms with Gasteiger partial charge in [-0.2, -0.15) is 0 Å². The molecule has 0 amide bonds. The van der Waals surface area contributed by atoms with Crippen molar-refractivity contribution in [2.45, 2.75) is 37.2 Å². The minimum absolute atomic E-state index is 0.00782. The van der Waals surface area contributed by atoms with Gasteiger partial charge in [0.25, 0.3) is 0 Å². The van der Waals surface area contributed by atoms with E-state index in [1.807, 2.05) is 13.8 Å². The molecule has 6 heteroatoms. The zero-order valence-electron chi connectivity index (χ0n) is 11.9. The summed E-state index contributed by atoms with van der Waals surface area (Å²) in [7, 11) is -1.83. The number of ether oxygens (including phenoxy) is 1. The number of carboxylic acids is 1. The normalized spacial score (nSPS) is 12.3. The molecule has 0 saturated carbocycles. The van der Waals surface area contributed by atoms with Crippen LogP contribution in [0.2, 0.25) is 0 Å². The van der Waals surface area contributed by atoms with Gasteiger partial charge in [-0.3, -0.25) is 4.79 Å². The van der Waals surface area contributed by atoms with E-state index in [2.05, 4.69) is 0 Å². The van der Waals surface area contributed by atoms with E-state index in [1.165, 1.54) is 24.3 Å². The molecule has 1 rings (SSSR count). The first-order chi connectivity index (χ1) is 9.16. The number of hydrogen-bond acceptors (Lipinski definition) is 4. The van der Waals surface area contributed by atoms with Crippen LogP contribution < -0.4 is 0 Å². The van der Waals surface area contributed by atoms with Crippen LogP contribution in [0.25, 0.3) is 0 Å². The van der Waals surface area contributed by atoms with E-state index < -0.39 is 21.4 Å². The molecule has 0 bridgehead atoms. The van der Waals surface area contributed by atoms with Gasteiger partial charge in [0.15, 0.2) is 9.84 Å². The van der Waals surface area contributed by atoms with Crippen LogP contribution in [0.15, 0.2) is 29.2 Å². The zero-order valence-corrected chi connectivity index (χ0v) is 12.7. The van der Waals surface area contributed by atoms with E-state index in [0.717, 1.165) is 0 Å². The highest BCUT2D eigenvalue weighted by Crippen LogP contribution is 2.19. The second kappa shape index (κ2) is 6.37. The van der Waals surface area contributed by atoms with E-state index in [0.29, 0.717) is 12.0 Å². The molecular formula is C14H20O5S. The molecule has 0 heterocycles. The molecule has 0 saturated heterocycles. The van der Waals surface area contributed by atoms with Crippen molar-refractivity contribution in [3.05, 3.63) is 29.8 Å². The van der Waals surface area contributed by atoms with E-state index in [-0.39, 0.29) is 17.1 Å². The van der Waals surface area contributed by atoms with Crippen molar-refractivity contribution in [2.24, 2.45) is 0 Å². The van der Waals surface area contributed by atoms with Gasteiger partial charge in [-0.05, 0) is 38.0 Å². The quantitative estimate of drug-likeness (QED) is 0.832. The molecule has 0 atom stereocenters. The topological polar surface area (TPSA) is 80.7 Å². The zero-order chi connectivity index (χ0) is 15.4. The average molecular weight is 300 g/mol. The van der Waals surface area contributed by atoms with E-state index in [1.54, 1.807) is 7.11 Å². The lowest BCUT2D eigenvalue weighted by molar-refractivity contribution is -0.136. The summed E-state index contributed by atoms with van der Waals surface area (Å²) in [5.74, 6) is -0.950. The molecule has 0 fully saturated rings. The maximum absolute atomic E-state index is 12.2. The fourth-order valence-corrected chi connectivity index (χ4v) is 3.14. The predicted octanol–water partition coefficient (Wildman–Crippen LogP) is 1.90. The summed E-state index contributed by atoms with van der Waals surface area (Å²) in [6.45, 7) is 3.66. The lowest BCUT2D eigenvalue weighted by Crippen LogP contribution is -2.26. The summed E-state index contributed by atoms with van der Waals surface area (Å²) >= 11 is 0. The summed E-state index contributed by atoms with van der Waals surface area (Å²) in [5, 5.41) is 8.66. The van der Waals surface area contributed by atoms with Crippen LogP contribution >= 0.6 is 0 Å².